The zero-order valence-electron chi connectivity index (χ0n) is 12.8. The molecule has 2 aromatic rings. The number of nitrogens with two attached hydrogens (primary N) is 1. The topological polar surface area (TPSA) is 68.0 Å². The molecule has 0 aliphatic rings. The summed E-state index contributed by atoms with van der Waals surface area (Å²) >= 11 is 1.63. The van der Waals surface area contributed by atoms with Gasteiger partial charge in [-0.1, -0.05) is 26.8 Å². The lowest BCUT2D eigenvalue weighted by Crippen LogP contribution is -2.27. The number of aromatic nitrogens is 1. The number of nitrogens with zero attached hydrogens (tertiary/aromatic N) is 1. The van der Waals surface area contributed by atoms with Gasteiger partial charge >= 0.3 is 0 Å². The molecule has 3 N–H and O–H groups in total. The van der Waals surface area contributed by atoms with E-state index < -0.39 is 0 Å². The summed E-state index contributed by atoms with van der Waals surface area (Å²) in [6.07, 6.45) is 0. The molecular weight excluding hydrogens is 282 g/mol. The summed E-state index contributed by atoms with van der Waals surface area (Å²) in [4.78, 5) is 17.8. The van der Waals surface area contributed by atoms with Crippen LogP contribution in [0.2, 0.25) is 0 Å². The van der Waals surface area contributed by atoms with Crippen molar-refractivity contribution in [2.75, 3.05) is 5.73 Å². The summed E-state index contributed by atoms with van der Waals surface area (Å²) in [6.45, 7) is 8.11. The van der Waals surface area contributed by atoms with Gasteiger partial charge in [0, 0.05) is 21.5 Å². The molecule has 5 heteroatoms. The van der Waals surface area contributed by atoms with E-state index in [9.17, 15) is 4.79 Å². The largest absolute Gasteiger partial charge is 0.384 e. The van der Waals surface area contributed by atoms with Crippen LogP contribution in [0, 0.1) is 0 Å². The second kappa shape index (κ2) is 5.85. The van der Waals surface area contributed by atoms with Crippen LogP contribution in [-0.2, 0) is 5.41 Å². The molecule has 1 atom stereocenters. The minimum Gasteiger partial charge on any atom is -0.384 e. The highest BCUT2D eigenvalue weighted by Gasteiger charge is 2.19. The first kappa shape index (κ1) is 15.5. The van der Waals surface area contributed by atoms with Crippen LogP contribution in [-0.4, -0.2) is 10.9 Å². The third-order valence-electron chi connectivity index (χ3n) is 3.19. The predicted octanol–water partition coefficient (Wildman–Crippen LogP) is 3.51. The monoisotopic (exact) mass is 303 g/mol. The predicted molar refractivity (Wildman–Crippen MR) is 87.5 cm³/mol. The Morgan fingerprint density at radius 2 is 2.10 bits per heavy atom. The van der Waals surface area contributed by atoms with Gasteiger partial charge in [0.15, 0.2) is 0 Å². The smallest absolute Gasteiger partial charge is 0.251 e. The van der Waals surface area contributed by atoms with Gasteiger partial charge in [-0.25, -0.2) is 4.98 Å². The van der Waals surface area contributed by atoms with Crippen molar-refractivity contribution in [3.63, 3.8) is 0 Å². The standard InChI is InChI=1S/C16H21N3OS/c1-10(12-6-5-7-21-12)18-15(20)11-8-13(16(2,3)4)19-14(17)9-11/h5-10H,1-4H3,(H2,17,19)(H,18,20). The van der Waals surface area contributed by atoms with Crippen LogP contribution in [0.15, 0.2) is 29.6 Å². The average molecular weight is 303 g/mol. The first-order valence-corrected chi connectivity index (χ1v) is 7.77. The Labute approximate surface area is 129 Å². The number of hydrogen-bond acceptors (Lipinski definition) is 4. The summed E-state index contributed by atoms with van der Waals surface area (Å²) in [6, 6.07) is 7.39. The molecule has 112 valence electrons. The minimum atomic E-state index is -0.149. The van der Waals surface area contributed by atoms with Gasteiger partial charge < -0.3 is 11.1 Å². The van der Waals surface area contributed by atoms with Crippen LogP contribution < -0.4 is 11.1 Å². The van der Waals surface area contributed by atoms with E-state index in [2.05, 4.69) is 10.3 Å². The summed E-state index contributed by atoms with van der Waals surface area (Å²) in [5.74, 6) is 0.242. The van der Waals surface area contributed by atoms with Gasteiger partial charge in [0.2, 0.25) is 0 Å². The van der Waals surface area contributed by atoms with E-state index in [0.717, 1.165) is 10.6 Å². The molecule has 0 aliphatic heterocycles. The van der Waals surface area contributed by atoms with Crippen molar-refractivity contribution in [3.8, 4) is 0 Å². The van der Waals surface area contributed by atoms with E-state index in [-0.39, 0.29) is 17.4 Å². The number of pyridine rings is 1. The van der Waals surface area contributed by atoms with E-state index in [0.29, 0.717) is 11.4 Å². The molecule has 0 aromatic carbocycles. The lowest BCUT2D eigenvalue weighted by atomic mass is 9.90. The van der Waals surface area contributed by atoms with Crippen LogP contribution in [0.25, 0.3) is 0 Å². The van der Waals surface area contributed by atoms with Gasteiger partial charge in [-0.05, 0) is 30.5 Å². The molecule has 0 fully saturated rings. The third-order valence-corrected chi connectivity index (χ3v) is 4.25. The number of hydrogen-bond donors (Lipinski definition) is 2. The van der Waals surface area contributed by atoms with Crippen molar-refractivity contribution < 1.29 is 4.79 Å². The highest BCUT2D eigenvalue weighted by molar-refractivity contribution is 7.10. The fourth-order valence-electron chi connectivity index (χ4n) is 1.96. The molecule has 21 heavy (non-hydrogen) atoms. The summed E-state index contributed by atoms with van der Waals surface area (Å²) in [5, 5.41) is 4.99. The molecule has 4 nitrogen and oxygen atoms in total. The Morgan fingerprint density at radius 1 is 1.38 bits per heavy atom. The molecule has 2 heterocycles. The van der Waals surface area contributed by atoms with E-state index in [1.807, 2.05) is 51.3 Å². The lowest BCUT2D eigenvalue weighted by Gasteiger charge is -2.19. The second-order valence-electron chi connectivity index (χ2n) is 6.13. The normalized spacial score (nSPS) is 13.0. The maximum absolute atomic E-state index is 12.4. The van der Waals surface area contributed by atoms with E-state index in [4.69, 9.17) is 5.73 Å². The molecular formula is C16H21N3OS. The first-order valence-electron chi connectivity index (χ1n) is 6.89. The van der Waals surface area contributed by atoms with Gasteiger partial charge in [0.1, 0.15) is 5.82 Å². The molecule has 0 radical (unpaired) electrons. The lowest BCUT2D eigenvalue weighted by molar-refractivity contribution is 0.0940. The number of nitrogens with one attached hydrogen (secondary N) is 1. The Morgan fingerprint density at radius 3 is 2.67 bits per heavy atom. The average Bonchev–Trinajstić information content (AvgIpc) is 2.90. The van der Waals surface area contributed by atoms with Crippen molar-refractivity contribution in [2.24, 2.45) is 0 Å². The maximum Gasteiger partial charge on any atom is 0.251 e. The molecule has 0 aliphatic carbocycles. The number of amides is 1. The molecule has 0 bridgehead atoms. The Balaban J connectivity index is 2.21. The first-order chi connectivity index (χ1) is 9.77. The van der Waals surface area contributed by atoms with Crippen molar-refractivity contribution in [2.45, 2.75) is 39.2 Å². The van der Waals surface area contributed by atoms with E-state index in [1.165, 1.54) is 0 Å². The van der Waals surface area contributed by atoms with Gasteiger partial charge in [-0.15, -0.1) is 11.3 Å². The van der Waals surface area contributed by atoms with Crippen molar-refractivity contribution in [1.29, 1.82) is 0 Å². The van der Waals surface area contributed by atoms with Crippen molar-refractivity contribution in [1.82, 2.24) is 10.3 Å². The number of carbonyl (C=O) groups is 1. The molecule has 0 saturated carbocycles. The van der Waals surface area contributed by atoms with Crippen LogP contribution in [0.3, 0.4) is 0 Å². The Kier molecular flexibility index (Phi) is 4.32. The third kappa shape index (κ3) is 3.82. The summed E-state index contributed by atoms with van der Waals surface area (Å²) in [7, 11) is 0. The van der Waals surface area contributed by atoms with Crippen LogP contribution >= 0.6 is 11.3 Å². The van der Waals surface area contributed by atoms with Crippen molar-refractivity contribution >= 4 is 23.1 Å². The van der Waals surface area contributed by atoms with E-state index >= 15 is 0 Å². The Bertz CT molecular complexity index is 629. The maximum atomic E-state index is 12.4. The van der Waals surface area contributed by atoms with Crippen molar-refractivity contribution in [3.05, 3.63) is 45.8 Å². The quantitative estimate of drug-likeness (QED) is 0.911. The Hall–Kier alpha value is -1.88. The number of nitrogen functional groups attached to an aromatic ring is 1. The highest BCUT2D eigenvalue weighted by Crippen LogP contribution is 2.23. The minimum absolute atomic E-state index is 0.0232. The molecule has 2 aromatic heterocycles. The van der Waals surface area contributed by atoms with Crippen LogP contribution in [0.1, 0.15) is 54.7 Å². The molecule has 0 saturated heterocycles. The van der Waals surface area contributed by atoms with Gasteiger partial charge in [0.25, 0.3) is 5.91 Å². The highest BCUT2D eigenvalue weighted by atomic mass is 32.1. The van der Waals surface area contributed by atoms with Crippen LogP contribution in [0.5, 0.6) is 0 Å². The molecule has 1 amide bonds. The zero-order chi connectivity index (χ0) is 15.6. The zero-order valence-corrected chi connectivity index (χ0v) is 13.6. The summed E-state index contributed by atoms with van der Waals surface area (Å²) < 4.78 is 0. The number of rotatable bonds is 3. The fourth-order valence-corrected chi connectivity index (χ4v) is 2.69. The van der Waals surface area contributed by atoms with Crippen LogP contribution in [0.4, 0.5) is 5.82 Å². The number of anilines is 1. The van der Waals surface area contributed by atoms with E-state index in [1.54, 1.807) is 17.4 Å². The second-order valence-corrected chi connectivity index (χ2v) is 7.11. The van der Waals surface area contributed by atoms with Gasteiger partial charge in [0.05, 0.1) is 6.04 Å². The number of thiophene rings is 1. The molecule has 2 rings (SSSR count). The molecule has 1 unspecified atom stereocenters. The fraction of sp³-hybridized carbons (Fsp3) is 0.375. The SMILES string of the molecule is CC(NC(=O)c1cc(N)nc(C(C)(C)C)c1)c1cccs1. The number of carbonyl (C=O) groups excluding carboxylic acids is 1. The van der Waals surface area contributed by atoms with Gasteiger partial charge in [-0.3, -0.25) is 4.79 Å². The summed E-state index contributed by atoms with van der Waals surface area (Å²) in [5.41, 5.74) is 7.05. The molecule has 0 spiro atoms. The van der Waals surface area contributed by atoms with Gasteiger partial charge in [-0.2, -0.15) is 0 Å².